The SMILES string of the molecule is CC(C)C(=O)O[C@@]12CC[C@H]([C@@](C)(O)[C@H](O)CCC(C)(C)O)[C@@]1(C)CC[C@H]1C2=CC(=O)[C@@H]2C[C@@H](O)[C@@H](O)C[C@@]21C. The summed E-state index contributed by atoms with van der Waals surface area (Å²) in [7, 11) is 0. The molecule has 222 valence electrons. The van der Waals surface area contributed by atoms with Gasteiger partial charge in [0.15, 0.2) is 5.78 Å². The number of allylic oxidation sites excluding steroid dienone is 1. The zero-order valence-electron chi connectivity index (χ0n) is 24.7. The minimum Gasteiger partial charge on any atom is -0.454 e. The van der Waals surface area contributed by atoms with Crippen LogP contribution in [0.1, 0.15) is 99.8 Å². The van der Waals surface area contributed by atoms with Crippen LogP contribution in [0.3, 0.4) is 0 Å². The highest BCUT2D eigenvalue weighted by atomic mass is 16.6. The summed E-state index contributed by atoms with van der Waals surface area (Å²) in [4.78, 5) is 26.9. The number of aliphatic hydroxyl groups is 5. The summed E-state index contributed by atoms with van der Waals surface area (Å²) in [6.07, 6.45) is 1.90. The van der Waals surface area contributed by atoms with E-state index in [1.165, 1.54) is 0 Å². The Morgan fingerprint density at radius 3 is 2.31 bits per heavy atom. The molecule has 0 aromatic heterocycles. The van der Waals surface area contributed by atoms with Crippen molar-refractivity contribution in [3.63, 3.8) is 0 Å². The average molecular weight is 551 g/mol. The summed E-state index contributed by atoms with van der Waals surface area (Å²) in [5, 5.41) is 54.3. The standard InChI is InChI=1S/C31H50O8/c1-17(2)26(36)39-31-13-9-24(30(7,38)25(35)10-11-27(3,4)37)29(31,6)12-8-18-19(31)14-21(32)20-15-22(33)23(34)16-28(18,20)5/h14,17-18,20,22-25,33-35,37-38H,8-13,15-16H2,1-7H3/t18-,20-,22+,23-,24-,25+,28+,29+,30+,31+/m0/s1. The molecule has 0 unspecified atom stereocenters. The molecule has 3 saturated carbocycles. The second-order valence-electron chi connectivity index (χ2n) is 14.7. The van der Waals surface area contributed by atoms with Gasteiger partial charge in [0.1, 0.15) is 5.60 Å². The van der Waals surface area contributed by atoms with Crippen LogP contribution in [-0.4, -0.2) is 72.4 Å². The molecule has 39 heavy (non-hydrogen) atoms. The van der Waals surface area contributed by atoms with Crippen LogP contribution >= 0.6 is 0 Å². The highest BCUT2D eigenvalue weighted by molar-refractivity contribution is 5.95. The van der Waals surface area contributed by atoms with Gasteiger partial charge in [-0.1, -0.05) is 27.7 Å². The molecule has 0 spiro atoms. The zero-order chi connectivity index (χ0) is 29.3. The van der Waals surface area contributed by atoms with E-state index in [4.69, 9.17) is 4.74 Å². The zero-order valence-corrected chi connectivity index (χ0v) is 24.7. The first-order valence-electron chi connectivity index (χ1n) is 14.8. The monoisotopic (exact) mass is 550 g/mol. The maximum absolute atomic E-state index is 13.6. The number of hydrogen-bond donors (Lipinski definition) is 5. The Morgan fingerprint density at radius 2 is 1.72 bits per heavy atom. The Hall–Kier alpha value is -1.32. The first-order chi connectivity index (χ1) is 17.8. The molecule has 3 fully saturated rings. The molecular formula is C31H50O8. The molecule has 8 nitrogen and oxygen atoms in total. The molecular weight excluding hydrogens is 500 g/mol. The van der Waals surface area contributed by atoms with Gasteiger partial charge in [0.05, 0.1) is 35.4 Å². The number of ketones is 1. The van der Waals surface area contributed by atoms with Crippen molar-refractivity contribution in [1.29, 1.82) is 0 Å². The molecule has 0 bridgehead atoms. The van der Waals surface area contributed by atoms with Crippen molar-refractivity contribution >= 4 is 11.8 Å². The molecule has 0 saturated heterocycles. The van der Waals surface area contributed by atoms with E-state index in [0.29, 0.717) is 32.1 Å². The van der Waals surface area contributed by atoms with Crippen LogP contribution in [0.4, 0.5) is 0 Å². The van der Waals surface area contributed by atoms with Crippen molar-refractivity contribution in [2.75, 3.05) is 0 Å². The van der Waals surface area contributed by atoms with E-state index in [2.05, 4.69) is 0 Å². The number of aliphatic hydroxyl groups excluding tert-OH is 3. The Labute approximate surface area is 232 Å². The predicted octanol–water partition coefficient (Wildman–Crippen LogP) is 3.06. The maximum atomic E-state index is 13.6. The molecule has 0 heterocycles. The van der Waals surface area contributed by atoms with Crippen LogP contribution in [0.15, 0.2) is 11.6 Å². The molecule has 5 N–H and O–H groups in total. The molecule has 4 aliphatic carbocycles. The lowest BCUT2D eigenvalue weighted by atomic mass is 9.45. The van der Waals surface area contributed by atoms with Gasteiger partial charge in [0, 0.05) is 11.3 Å². The fourth-order valence-electron chi connectivity index (χ4n) is 8.81. The average Bonchev–Trinajstić information content (AvgIpc) is 3.12. The summed E-state index contributed by atoms with van der Waals surface area (Å²) in [6.45, 7) is 12.6. The van der Waals surface area contributed by atoms with Gasteiger partial charge >= 0.3 is 5.97 Å². The van der Waals surface area contributed by atoms with E-state index >= 15 is 0 Å². The lowest BCUT2D eigenvalue weighted by Crippen LogP contribution is -2.64. The Bertz CT molecular complexity index is 1010. The van der Waals surface area contributed by atoms with Crippen LogP contribution in [0.25, 0.3) is 0 Å². The summed E-state index contributed by atoms with van der Waals surface area (Å²) in [5.74, 6) is -1.85. The number of rotatable bonds is 7. The van der Waals surface area contributed by atoms with Crippen LogP contribution in [0, 0.1) is 34.5 Å². The molecule has 0 amide bonds. The predicted molar refractivity (Wildman–Crippen MR) is 145 cm³/mol. The highest BCUT2D eigenvalue weighted by Gasteiger charge is 2.71. The topological polar surface area (TPSA) is 145 Å². The van der Waals surface area contributed by atoms with Crippen molar-refractivity contribution in [3.8, 4) is 0 Å². The van der Waals surface area contributed by atoms with Gasteiger partial charge in [0.25, 0.3) is 0 Å². The van der Waals surface area contributed by atoms with Gasteiger partial charge in [0.2, 0.25) is 0 Å². The van der Waals surface area contributed by atoms with Crippen LogP contribution in [0.2, 0.25) is 0 Å². The Balaban J connectivity index is 1.79. The molecule has 0 aromatic rings. The summed E-state index contributed by atoms with van der Waals surface area (Å²) in [6, 6.07) is 0. The third-order valence-corrected chi connectivity index (χ3v) is 11.2. The minimum atomic E-state index is -1.52. The summed E-state index contributed by atoms with van der Waals surface area (Å²) in [5.41, 5.74) is -4.22. The number of esters is 1. The van der Waals surface area contributed by atoms with E-state index < -0.39 is 63.7 Å². The lowest BCUT2D eigenvalue weighted by Gasteiger charge is -2.61. The maximum Gasteiger partial charge on any atom is 0.309 e. The summed E-state index contributed by atoms with van der Waals surface area (Å²) < 4.78 is 6.47. The van der Waals surface area contributed by atoms with Crippen molar-refractivity contribution in [1.82, 2.24) is 0 Å². The van der Waals surface area contributed by atoms with E-state index in [1.54, 1.807) is 40.7 Å². The van der Waals surface area contributed by atoms with Crippen molar-refractivity contribution in [2.45, 2.75) is 135 Å². The number of ether oxygens (including phenoxy) is 1. The Morgan fingerprint density at radius 1 is 1.08 bits per heavy atom. The molecule has 8 heteroatoms. The largest absolute Gasteiger partial charge is 0.454 e. The number of hydrogen-bond acceptors (Lipinski definition) is 8. The van der Waals surface area contributed by atoms with Crippen molar-refractivity contribution in [2.24, 2.45) is 34.5 Å². The van der Waals surface area contributed by atoms with Gasteiger partial charge in [-0.2, -0.15) is 0 Å². The first-order valence-corrected chi connectivity index (χ1v) is 14.8. The van der Waals surface area contributed by atoms with Crippen LogP contribution < -0.4 is 0 Å². The Kier molecular flexibility index (Phi) is 7.78. The van der Waals surface area contributed by atoms with Gasteiger partial charge in [-0.05, 0) is 101 Å². The normalized spacial score (nSPS) is 42.6. The number of carbonyl (C=O) groups is 2. The molecule has 0 aromatic carbocycles. The van der Waals surface area contributed by atoms with Crippen LogP contribution in [-0.2, 0) is 14.3 Å². The third kappa shape index (κ3) is 4.82. The van der Waals surface area contributed by atoms with Gasteiger partial charge in [-0.25, -0.2) is 0 Å². The van der Waals surface area contributed by atoms with E-state index in [-0.39, 0.29) is 36.9 Å². The fourth-order valence-corrected chi connectivity index (χ4v) is 8.81. The molecule has 4 aliphatic rings. The highest BCUT2D eigenvalue weighted by Crippen LogP contribution is 2.70. The van der Waals surface area contributed by atoms with E-state index in [1.807, 2.05) is 13.8 Å². The van der Waals surface area contributed by atoms with Gasteiger partial charge in [-0.3, -0.25) is 9.59 Å². The molecule has 0 aliphatic heterocycles. The quantitative estimate of drug-likeness (QED) is 0.304. The van der Waals surface area contributed by atoms with Gasteiger partial charge < -0.3 is 30.3 Å². The minimum absolute atomic E-state index is 0.112. The molecule has 0 radical (unpaired) electrons. The first kappa shape index (κ1) is 30.6. The van der Waals surface area contributed by atoms with E-state index in [0.717, 1.165) is 5.57 Å². The van der Waals surface area contributed by atoms with Gasteiger partial charge in [-0.15, -0.1) is 0 Å². The van der Waals surface area contributed by atoms with E-state index in [9.17, 15) is 35.1 Å². The number of fused-ring (bicyclic) bond motifs is 5. The van der Waals surface area contributed by atoms with Crippen molar-refractivity contribution < 1.29 is 39.9 Å². The van der Waals surface area contributed by atoms with Crippen molar-refractivity contribution in [3.05, 3.63) is 11.6 Å². The lowest BCUT2D eigenvalue weighted by molar-refractivity contribution is -0.200. The second-order valence-corrected chi connectivity index (χ2v) is 14.7. The fraction of sp³-hybridized carbons (Fsp3) is 0.871. The number of carbonyl (C=O) groups excluding carboxylic acids is 2. The summed E-state index contributed by atoms with van der Waals surface area (Å²) >= 11 is 0. The smallest absolute Gasteiger partial charge is 0.309 e. The van der Waals surface area contributed by atoms with Crippen LogP contribution in [0.5, 0.6) is 0 Å². The third-order valence-electron chi connectivity index (χ3n) is 11.2. The second kappa shape index (κ2) is 9.90. The molecule has 10 atom stereocenters. The molecule has 4 rings (SSSR count).